The number of amides is 1. The number of pyridine rings is 1. The quantitative estimate of drug-likeness (QED) is 0.583. The van der Waals surface area contributed by atoms with E-state index in [2.05, 4.69) is 15.4 Å². The normalized spacial score (nSPS) is 11.3. The predicted octanol–water partition coefficient (Wildman–Crippen LogP) is 1.98. The van der Waals surface area contributed by atoms with Crippen molar-refractivity contribution in [1.82, 2.24) is 24.6 Å². The molecular formula is C19H19N5O3. The highest BCUT2D eigenvalue weighted by molar-refractivity contribution is 6.04. The minimum Gasteiger partial charge on any atom is -0.459 e. The molecule has 0 fully saturated rings. The van der Waals surface area contributed by atoms with Gasteiger partial charge in [0, 0.05) is 31.5 Å². The van der Waals surface area contributed by atoms with Gasteiger partial charge in [-0.25, -0.2) is 4.68 Å². The first-order valence-electron chi connectivity index (χ1n) is 8.72. The third-order valence-electron chi connectivity index (χ3n) is 4.51. The van der Waals surface area contributed by atoms with Crippen LogP contribution in [0.15, 0.2) is 46.0 Å². The SMILES string of the molecule is CCn1c2cc(C)oc2c2cnn(CC(=O)NCc3ccncc3)c(=O)c21. The Bertz CT molecular complexity index is 1190. The van der Waals surface area contributed by atoms with Crippen molar-refractivity contribution in [3.05, 3.63) is 58.5 Å². The van der Waals surface area contributed by atoms with E-state index in [1.165, 1.54) is 4.68 Å². The van der Waals surface area contributed by atoms with Crippen LogP contribution in [0.2, 0.25) is 0 Å². The number of hydrogen-bond acceptors (Lipinski definition) is 5. The smallest absolute Gasteiger partial charge is 0.291 e. The summed E-state index contributed by atoms with van der Waals surface area (Å²) >= 11 is 0. The van der Waals surface area contributed by atoms with Gasteiger partial charge in [0.25, 0.3) is 5.56 Å². The Kier molecular flexibility index (Phi) is 4.23. The molecule has 0 aliphatic carbocycles. The number of nitrogens with zero attached hydrogens (tertiary/aromatic N) is 4. The molecule has 0 bridgehead atoms. The van der Waals surface area contributed by atoms with Gasteiger partial charge in [-0.05, 0) is 31.5 Å². The van der Waals surface area contributed by atoms with Crippen molar-refractivity contribution in [2.45, 2.75) is 33.5 Å². The first kappa shape index (κ1) is 17.0. The predicted molar refractivity (Wildman–Crippen MR) is 100 cm³/mol. The van der Waals surface area contributed by atoms with Crippen LogP contribution < -0.4 is 10.9 Å². The first-order valence-corrected chi connectivity index (χ1v) is 8.72. The van der Waals surface area contributed by atoms with Crippen LogP contribution in [0.3, 0.4) is 0 Å². The second-order valence-corrected chi connectivity index (χ2v) is 6.32. The molecule has 4 aromatic heterocycles. The summed E-state index contributed by atoms with van der Waals surface area (Å²) in [7, 11) is 0. The van der Waals surface area contributed by atoms with Gasteiger partial charge in [-0.1, -0.05) is 0 Å². The Balaban J connectivity index is 1.63. The summed E-state index contributed by atoms with van der Waals surface area (Å²) in [5.41, 5.74) is 2.65. The molecule has 1 amide bonds. The maximum atomic E-state index is 12.9. The van der Waals surface area contributed by atoms with Gasteiger partial charge >= 0.3 is 0 Å². The number of carbonyl (C=O) groups is 1. The van der Waals surface area contributed by atoms with E-state index in [4.69, 9.17) is 4.42 Å². The Morgan fingerprint density at radius 2 is 2.07 bits per heavy atom. The summed E-state index contributed by atoms with van der Waals surface area (Å²) in [5.74, 6) is 0.499. The summed E-state index contributed by atoms with van der Waals surface area (Å²) in [6.07, 6.45) is 4.92. The van der Waals surface area contributed by atoms with Crippen molar-refractivity contribution in [2.24, 2.45) is 0 Å². The third-order valence-corrected chi connectivity index (χ3v) is 4.51. The third kappa shape index (κ3) is 2.99. The molecule has 4 heterocycles. The molecule has 0 atom stereocenters. The maximum Gasteiger partial charge on any atom is 0.291 e. The van der Waals surface area contributed by atoms with E-state index in [1.807, 2.05) is 36.6 Å². The van der Waals surface area contributed by atoms with E-state index in [9.17, 15) is 9.59 Å². The number of aryl methyl sites for hydroxylation is 2. The molecule has 0 spiro atoms. The summed E-state index contributed by atoms with van der Waals surface area (Å²) < 4.78 is 8.82. The zero-order valence-corrected chi connectivity index (χ0v) is 15.1. The van der Waals surface area contributed by atoms with Gasteiger partial charge in [0.05, 0.1) is 17.1 Å². The number of carbonyl (C=O) groups excluding carboxylic acids is 1. The second kappa shape index (κ2) is 6.71. The van der Waals surface area contributed by atoms with Crippen LogP contribution in [0.25, 0.3) is 22.0 Å². The van der Waals surface area contributed by atoms with Crippen molar-refractivity contribution in [1.29, 1.82) is 0 Å². The first-order chi connectivity index (χ1) is 13.1. The van der Waals surface area contributed by atoms with Crippen LogP contribution in [0, 0.1) is 6.92 Å². The van der Waals surface area contributed by atoms with E-state index in [-0.39, 0.29) is 18.0 Å². The van der Waals surface area contributed by atoms with E-state index in [0.29, 0.717) is 29.6 Å². The highest BCUT2D eigenvalue weighted by Crippen LogP contribution is 2.29. The average Bonchev–Trinajstić information content (AvgIpc) is 3.18. The molecule has 27 heavy (non-hydrogen) atoms. The molecule has 8 nitrogen and oxygen atoms in total. The lowest BCUT2D eigenvalue weighted by molar-refractivity contribution is -0.122. The van der Waals surface area contributed by atoms with Crippen LogP contribution in [-0.2, 0) is 24.4 Å². The highest BCUT2D eigenvalue weighted by Gasteiger charge is 2.19. The Morgan fingerprint density at radius 1 is 1.30 bits per heavy atom. The van der Waals surface area contributed by atoms with Crippen molar-refractivity contribution < 1.29 is 9.21 Å². The van der Waals surface area contributed by atoms with Crippen LogP contribution in [-0.4, -0.2) is 25.2 Å². The van der Waals surface area contributed by atoms with Gasteiger partial charge < -0.3 is 14.3 Å². The lowest BCUT2D eigenvalue weighted by Gasteiger charge is -2.08. The van der Waals surface area contributed by atoms with E-state index < -0.39 is 0 Å². The number of hydrogen-bond donors (Lipinski definition) is 1. The van der Waals surface area contributed by atoms with Gasteiger partial charge in [0.15, 0.2) is 5.58 Å². The second-order valence-electron chi connectivity index (χ2n) is 6.32. The summed E-state index contributed by atoms with van der Waals surface area (Å²) in [5, 5.41) is 7.62. The molecule has 0 aliphatic rings. The van der Waals surface area contributed by atoms with Crippen LogP contribution >= 0.6 is 0 Å². The molecule has 1 N–H and O–H groups in total. The number of nitrogens with one attached hydrogen (secondary N) is 1. The largest absolute Gasteiger partial charge is 0.459 e. The molecule has 138 valence electrons. The lowest BCUT2D eigenvalue weighted by atomic mass is 10.3. The molecule has 0 saturated carbocycles. The van der Waals surface area contributed by atoms with Gasteiger partial charge in [0.1, 0.15) is 17.8 Å². The number of rotatable bonds is 5. The average molecular weight is 365 g/mol. The van der Waals surface area contributed by atoms with Gasteiger partial charge in [-0.3, -0.25) is 14.6 Å². The standard InChI is InChI=1S/C19H19N5O3/c1-3-23-15-8-12(2)27-18(15)14-10-22-24(19(26)17(14)23)11-16(25)21-9-13-4-6-20-7-5-13/h4-8,10H,3,9,11H2,1-2H3,(H,21,25). The summed E-state index contributed by atoms with van der Waals surface area (Å²) in [6, 6.07) is 5.55. The van der Waals surface area contributed by atoms with Crippen molar-refractivity contribution in [3.63, 3.8) is 0 Å². The van der Waals surface area contributed by atoms with E-state index in [1.54, 1.807) is 18.6 Å². The fourth-order valence-corrected chi connectivity index (χ4v) is 3.25. The Hall–Kier alpha value is -3.42. The fourth-order valence-electron chi connectivity index (χ4n) is 3.25. The van der Waals surface area contributed by atoms with Crippen LogP contribution in [0.5, 0.6) is 0 Å². The highest BCUT2D eigenvalue weighted by atomic mass is 16.3. The molecule has 0 aromatic carbocycles. The zero-order valence-electron chi connectivity index (χ0n) is 15.1. The molecule has 0 radical (unpaired) electrons. The molecule has 0 unspecified atom stereocenters. The lowest BCUT2D eigenvalue weighted by Crippen LogP contribution is -2.33. The van der Waals surface area contributed by atoms with Gasteiger partial charge in [-0.15, -0.1) is 0 Å². The van der Waals surface area contributed by atoms with E-state index in [0.717, 1.165) is 16.8 Å². The topological polar surface area (TPSA) is 94.9 Å². The van der Waals surface area contributed by atoms with E-state index >= 15 is 0 Å². The maximum absolute atomic E-state index is 12.9. The zero-order chi connectivity index (χ0) is 19.0. The minimum atomic E-state index is -0.308. The number of fused-ring (bicyclic) bond motifs is 3. The van der Waals surface area contributed by atoms with Crippen LogP contribution in [0.1, 0.15) is 18.2 Å². The van der Waals surface area contributed by atoms with Crippen molar-refractivity contribution in [2.75, 3.05) is 0 Å². The van der Waals surface area contributed by atoms with Gasteiger partial charge in [-0.2, -0.15) is 5.10 Å². The summed E-state index contributed by atoms with van der Waals surface area (Å²) in [4.78, 5) is 29.1. The fraction of sp³-hybridized carbons (Fsp3) is 0.263. The Labute approximate surface area is 154 Å². The number of aromatic nitrogens is 4. The molecule has 4 aromatic rings. The molecule has 0 saturated heterocycles. The molecule has 0 aliphatic heterocycles. The molecular weight excluding hydrogens is 346 g/mol. The van der Waals surface area contributed by atoms with Gasteiger partial charge in [0.2, 0.25) is 5.91 Å². The number of furan rings is 1. The molecule has 8 heteroatoms. The van der Waals surface area contributed by atoms with Crippen LogP contribution in [0.4, 0.5) is 0 Å². The summed E-state index contributed by atoms with van der Waals surface area (Å²) in [6.45, 7) is 4.68. The van der Waals surface area contributed by atoms with Crippen molar-refractivity contribution in [3.8, 4) is 0 Å². The minimum absolute atomic E-state index is 0.144. The molecule has 4 rings (SSSR count). The Morgan fingerprint density at radius 3 is 2.81 bits per heavy atom. The van der Waals surface area contributed by atoms with Crippen molar-refractivity contribution >= 4 is 27.9 Å². The monoisotopic (exact) mass is 365 g/mol.